The molecule has 1 aromatic carbocycles. The van der Waals surface area contributed by atoms with Crippen molar-refractivity contribution < 1.29 is 19.8 Å². The van der Waals surface area contributed by atoms with E-state index in [1.807, 2.05) is 30.3 Å². The molecule has 4 N–H and O–H groups in total. The van der Waals surface area contributed by atoms with E-state index in [0.717, 1.165) is 5.56 Å². The van der Waals surface area contributed by atoms with E-state index < -0.39 is 17.7 Å². The van der Waals surface area contributed by atoms with Crippen molar-refractivity contribution in [2.45, 2.75) is 6.42 Å². The minimum atomic E-state index is -0.879. The van der Waals surface area contributed by atoms with Crippen LogP contribution in [-0.4, -0.2) is 48.3 Å². The number of amides is 2. The quantitative estimate of drug-likeness (QED) is 0.462. The molecule has 1 rings (SSSR count). The predicted molar refractivity (Wildman–Crippen MR) is 73.8 cm³/mol. The van der Waals surface area contributed by atoms with Crippen LogP contribution in [0.15, 0.2) is 30.3 Å². The second-order valence-electron chi connectivity index (χ2n) is 4.27. The highest BCUT2D eigenvalue weighted by Gasteiger charge is 2.26. The van der Waals surface area contributed by atoms with Gasteiger partial charge in [-0.2, -0.15) is 0 Å². The van der Waals surface area contributed by atoms with Crippen LogP contribution in [0.25, 0.3) is 0 Å². The molecule has 0 spiro atoms. The summed E-state index contributed by atoms with van der Waals surface area (Å²) >= 11 is 0. The lowest BCUT2D eigenvalue weighted by Gasteiger charge is -2.16. The summed E-state index contributed by atoms with van der Waals surface area (Å²) < 4.78 is 0. The van der Waals surface area contributed by atoms with Crippen LogP contribution >= 0.6 is 0 Å². The van der Waals surface area contributed by atoms with Gasteiger partial charge in [0.1, 0.15) is 5.92 Å². The van der Waals surface area contributed by atoms with Gasteiger partial charge in [0.2, 0.25) is 11.8 Å². The van der Waals surface area contributed by atoms with Gasteiger partial charge in [0, 0.05) is 13.1 Å². The van der Waals surface area contributed by atoms with Crippen LogP contribution in [0.2, 0.25) is 0 Å². The fraction of sp³-hybridized carbons (Fsp3) is 0.429. The maximum atomic E-state index is 12.0. The highest BCUT2D eigenvalue weighted by Crippen LogP contribution is 2.09. The normalized spacial score (nSPS) is 10.3. The molecule has 0 aromatic heterocycles. The van der Waals surface area contributed by atoms with Crippen molar-refractivity contribution in [3.05, 3.63) is 35.9 Å². The summed E-state index contributed by atoms with van der Waals surface area (Å²) in [6.07, 6.45) is 0.273. The molecule has 0 heterocycles. The number of carbonyl (C=O) groups is 2. The molecule has 0 aliphatic heterocycles. The molecule has 0 bridgehead atoms. The summed E-state index contributed by atoms with van der Waals surface area (Å²) in [4.78, 5) is 23.9. The van der Waals surface area contributed by atoms with Crippen LogP contribution in [-0.2, 0) is 16.0 Å². The zero-order valence-electron chi connectivity index (χ0n) is 11.2. The molecule has 0 aliphatic rings. The van der Waals surface area contributed by atoms with Crippen molar-refractivity contribution in [2.75, 3.05) is 26.3 Å². The topological polar surface area (TPSA) is 98.7 Å². The highest BCUT2D eigenvalue weighted by molar-refractivity contribution is 6.00. The van der Waals surface area contributed by atoms with E-state index in [1.54, 1.807) is 0 Å². The van der Waals surface area contributed by atoms with Gasteiger partial charge in [0.25, 0.3) is 0 Å². The van der Waals surface area contributed by atoms with E-state index >= 15 is 0 Å². The third-order valence-corrected chi connectivity index (χ3v) is 2.74. The van der Waals surface area contributed by atoms with Gasteiger partial charge in [-0.05, 0) is 12.0 Å². The third-order valence-electron chi connectivity index (χ3n) is 2.74. The number of nitrogens with one attached hydrogen (secondary N) is 2. The smallest absolute Gasteiger partial charge is 0.232 e. The standard InChI is InChI=1S/C14H20N2O4/c17-8-6-15-13(19)12(14(20)16-7-9-18)10-11-4-2-1-3-5-11/h1-5,12,17-18H,6-10H2,(H,15,19)(H,16,20). The Hall–Kier alpha value is -1.92. The Morgan fingerprint density at radius 3 is 1.90 bits per heavy atom. The van der Waals surface area contributed by atoms with Crippen LogP contribution in [0, 0.1) is 5.92 Å². The number of hydrogen-bond acceptors (Lipinski definition) is 4. The fourth-order valence-corrected chi connectivity index (χ4v) is 1.76. The van der Waals surface area contributed by atoms with Crippen molar-refractivity contribution in [2.24, 2.45) is 5.92 Å². The number of aliphatic hydroxyl groups is 2. The number of aliphatic hydroxyl groups excluding tert-OH is 2. The first-order valence-corrected chi connectivity index (χ1v) is 6.50. The Kier molecular flexibility index (Phi) is 7.31. The van der Waals surface area contributed by atoms with Crippen molar-refractivity contribution in [3.8, 4) is 0 Å². The Balaban J connectivity index is 2.72. The number of rotatable bonds is 8. The van der Waals surface area contributed by atoms with E-state index in [4.69, 9.17) is 10.2 Å². The predicted octanol–water partition coefficient (Wildman–Crippen LogP) is -0.938. The molecule has 0 unspecified atom stereocenters. The molecule has 0 radical (unpaired) electrons. The van der Waals surface area contributed by atoms with Gasteiger partial charge >= 0.3 is 0 Å². The molecule has 6 heteroatoms. The van der Waals surface area contributed by atoms with Crippen LogP contribution in [0.1, 0.15) is 5.56 Å². The number of carbonyl (C=O) groups excluding carboxylic acids is 2. The molecule has 6 nitrogen and oxygen atoms in total. The van der Waals surface area contributed by atoms with E-state index in [9.17, 15) is 9.59 Å². The molecule has 1 aromatic rings. The summed E-state index contributed by atoms with van der Waals surface area (Å²) in [6, 6.07) is 9.21. The molecule has 2 amide bonds. The Bertz CT molecular complexity index is 402. The largest absolute Gasteiger partial charge is 0.395 e. The minimum Gasteiger partial charge on any atom is -0.395 e. The van der Waals surface area contributed by atoms with Crippen LogP contribution in [0.3, 0.4) is 0 Å². The van der Waals surface area contributed by atoms with Gasteiger partial charge in [0.05, 0.1) is 13.2 Å². The van der Waals surface area contributed by atoms with E-state index in [2.05, 4.69) is 10.6 Å². The van der Waals surface area contributed by atoms with Crippen LogP contribution < -0.4 is 10.6 Å². The number of hydrogen-bond donors (Lipinski definition) is 4. The summed E-state index contributed by atoms with van der Waals surface area (Å²) in [6.45, 7) is -0.140. The lowest BCUT2D eigenvalue weighted by molar-refractivity contribution is -0.135. The lowest BCUT2D eigenvalue weighted by atomic mass is 9.97. The molecular formula is C14H20N2O4. The zero-order chi connectivity index (χ0) is 14.8. The fourth-order valence-electron chi connectivity index (χ4n) is 1.76. The van der Waals surface area contributed by atoms with Gasteiger partial charge in [-0.3, -0.25) is 9.59 Å². The van der Waals surface area contributed by atoms with Gasteiger partial charge in [0.15, 0.2) is 0 Å². The SMILES string of the molecule is O=C(NCCO)C(Cc1ccccc1)C(=O)NCCO. The minimum absolute atomic E-state index is 0.109. The second-order valence-corrected chi connectivity index (χ2v) is 4.27. The Morgan fingerprint density at radius 2 is 1.45 bits per heavy atom. The van der Waals surface area contributed by atoms with Crippen molar-refractivity contribution >= 4 is 11.8 Å². The van der Waals surface area contributed by atoms with Crippen molar-refractivity contribution in [1.29, 1.82) is 0 Å². The third kappa shape index (κ3) is 5.38. The first-order valence-electron chi connectivity index (χ1n) is 6.50. The zero-order valence-corrected chi connectivity index (χ0v) is 11.2. The molecular weight excluding hydrogens is 260 g/mol. The number of benzene rings is 1. The summed E-state index contributed by atoms with van der Waals surface area (Å²) in [5.41, 5.74) is 0.871. The monoisotopic (exact) mass is 280 g/mol. The maximum absolute atomic E-state index is 12.0. The van der Waals surface area contributed by atoms with Crippen molar-refractivity contribution in [3.63, 3.8) is 0 Å². The van der Waals surface area contributed by atoms with E-state index in [-0.39, 0.29) is 32.7 Å². The van der Waals surface area contributed by atoms with Gasteiger partial charge in [-0.1, -0.05) is 30.3 Å². The van der Waals surface area contributed by atoms with Crippen molar-refractivity contribution in [1.82, 2.24) is 10.6 Å². The molecule has 0 fully saturated rings. The molecule has 20 heavy (non-hydrogen) atoms. The first kappa shape index (κ1) is 16.1. The van der Waals surface area contributed by atoms with Crippen LogP contribution in [0.4, 0.5) is 0 Å². The molecule has 0 saturated carbocycles. The molecule has 0 atom stereocenters. The van der Waals surface area contributed by atoms with Gasteiger partial charge in [-0.25, -0.2) is 0 Å². The maximum Gasteiger partial charge on any atom is 0.232 e. The average Bonchev–Trinajstić information content (AvgIpc) is 2.48. The Morgan fingerprint density at radius 1 is 0.950 bits per heavy atom. The Labute approximate surface area is 117 Å². The van der Waals surface area contributed by atoms with Gasteiger partial charge < -0.3 is 20.8 Å². The average molecular weight is 280 g/mol. The lowest BCUT2D eigenvalue weighted by Crippen LogP contribution is -2.43. The first-order chi connectivity index (χ1) is 9.69. The second kappa shape index (κ2) is 9.06. The van der Waals surface area contributed by atoms with Gasteiger partial charge in [-0.15, -0.1) is 0 Å². The summed E-state index contributed by atoms with van der Waals surface area (Å²) in [5.74, 6) is -1.74. The van der Waals surface area contributed by atoms with E-state index in [0.29, 0.717) is 0 Å². The highest BCUT2D eigenvalue weighted by atomic mass is 16.3. The van der Waals surface area contributed by atoms with E-state index in [1.165, 1.54) is 0 Å². The molecule has 110 valence electrons. The summed E-state index contributed by atoms with van der Waals surface area (Å²) in [5, 5.41) is 22.4. The molecule has 0 saturated heterocycles. The summed E-state index contributed by atoms with van der Waals surface area (Å²) in [7, 11) is 0. The van der Waals surface area contributed by atoms with Crippen LogP contribution in [0.5, 0.6) is 0 Å². The molecule has 0 aliphatic carbocycles.